The number of likely N-dealkylation sites (N-methyl/N-ethyl adjacent to an activating group) is 1. The van der Waals surface area contributed by atoms with E-state index in [-0.39, 0.29) is 12.5 Å². The van der Waals surface area contributed by atoms with Crippen molar-refractivity contribution < 1.29 is 27.7 Å². The van der Waals surface area contributed by atoms with Crippen molar-refractivity contribution in [1.82, 2.24) is 0 Å². The number of amides is 2. The molecule has 1 unspecified atom stereocenters. The summed E-state index contributed by atoms with van der Waals surface area (Å²) in [6.07, 6.45) is 0.781. The van der Waals surface area contributed by atoms with Gasteiger partial charge in [0.1, 0.15) is 0 Å². The molecule has 0 saturated heterocycles. The van der Waals surface area contributed by atoms with Gasteiger partial charge in [-0.3, -0.25) is 9.59 Å². The first-order chi connectivity index (χ1) is 13.3. The first kappa shape index (κ1) is 19.9. The van der Waals surface area contributed by atoms with Gasteiger partial charge in [0, 0.05) is 12.2 Å². The molecule has 2 N–H and O–H groups in total. The Balaban J connectivity index is 1.63. The summed E-state index contributed by atoms with van der Waals surface area (Å²) in [5.41, 5.74) is 1.54. The Morgan fingerprint density at radius 2 is 1.86 bits per heavy atom. The summed E-state index contributed by atoms with van der Waals surface area (Å²) in [6.45, 7) is 2.16. The van der Waals surface area contributed by atoms with Gasteiger partial charge < -0.3 is 15.1 Å². The van der Waals surface area contributed by atoms with Crippen LogP contribution in [0.15, 0.2) is 36.4 Å². The number of anilines is 2. The molecule has 0 bridgehead atoms. The molecular weight excluding hydrogens is 371 g/mol. The molecule has 1 aliphatic heterocycles. The molecule has 0 aliphatic carbocycles. The van der Waals surface area contributed by atoms with Crippen LogP contribution < -0.4 is 15.1 Å². The Morgan fingerprint density at radius 1 is 1.14 bits per heavy atom. The standard InChI is InChI=1S/C20H20F3N3O2/c1-12(20(28)26-10-9-13-5-3-4-6-16(13)26)25(2)11-17(27)24-15-8-7-14(21)18(22)19(15)23/h3-8,12H,9-11H2,1-2H3,(H,24,27)/p+1/t12-/m0/s1. The molecule has 148 valence electrons. The zero-order valence-corrected chi connectivity index (χ0v) is 15.6. The molecule has 0 spiro atoms. The van der Waals surface area contributed by atoms with Gasteiger partial charge in [-0.1, -0.05) is 18.2 Å². The molecule has 0 radical (unpaired) electrons. The molecule has 2 amide bonds. The van der Waals surface area contributed by atoms with Crippen molar-refractivity contribution in [2.45, 2.75) is 19.4 Å². The monoisotopic (exact) mass is 392 g/mol. The van der Waals surface area contributed by atoms with Gasteiger partial charge in [0.25, 0.3) is 11.8 Å². The number of quaternary nitrogens is 1. The number of benzene rings is 2. The van der Waals surface area contributed by atoms with Crippen molar-refractivity contribution in [1.29, 1.82) is 0 Å². The quantitative estimate of drug-likeness (QED) is 0.759. The SMILES string of the molecule is C[C@@H](C(=O)N1CCc2ccccc21)[NH+](C)CC(=O)Nc1ccc(F)c(F)c1F. The largest absolute Gasteiger partial charge is 0.320 e. The Hall–Kier alpha value is -2.87. The third-order valence-electron chi connectivity index (χ3n) is 5.01. The van der Waals surface area contributed by atoms with Gasteiger partial charge in [-0.25, -0.2) is 13.2 Å². The zero-order chi connectivity index (χ0) is 20.4. The van der Waals surface area contributed by atoms with Gasteiger partial charge in [-0.2, -0.15) is 0 Å². The van der Waals surface area contributed by atoms with E-state index < -0.39 is 35.1 Å². The fourth-order valence-electron chi connectivity index (χ4n) is 3.23. The first-order valence-electron chi connectivity index (χ1n) is 8.94. The van der Waals surface area contributed by atoms with E-state index in [1.807, 2.05) is 24.3 Å². The Morgan fingerprint density at radius 3 is 2.61 bits per heavy atom. The van der Waals surface area contributed by atoms with E-state index in [1.165, 1.54) is 0 Å². The third kappa shape index (κ3) is 3.87. The normalized spacial score (nSPS) is 15.1. The maximum Gasteiger partial charge on any atom is 0.284 e. The molecule has 3 rings (SSSR count). The lowest BCUT2D eigenvalue weighted by molar-refractivity contribution is -0.885. The summed E-state index contributed by atoms with van der Waals surface area (Å²) in [6, 6.07) is 8.84. The van der Waals surface area contributed by atoms with Crippen molar-refractivity contribution in [3.05, 3.63) is 59.4 Å². The minimum atomic E-state index is -1.64. The number of nitrogens with one attached hydrogen (secondary N) is 2. The number of halogens is 3. The fraction of sp³-hybridized carbons (Fsp3) is 0.300. The minimum Gasteiger partial charge on any atom is -0.320 e. The van der Waals surface area contributed by atoms with Gasteiger partial charge in [-0.05, 0) is 37.1 Å². The molecule has 2 aromatic carbocycles. The van der Waals surface area contributed by atoms with Gasteiger partial charge in [-0.15, -0.1) is 0 Å². The van der Waals surface area contributed by atoms with Crippen LogP contribution in [0.4, 0.5) is 24.5 Å². The summed E-state index contributed by atoms with van der Waals surface area (Å²) >= 11 is 0. The summed E-state index contributed by atoms with van der Waals surface area (Å²) in [7, 11) is 1.67. The van der Waals surface area contributed by atoms with Crippen LogP contribution in [-0.2, 0) is 16.0 Å². The summed E-state index contributed by atoms with van der Waals surface area (Å²) < 4.78 is 40.0. The number of carbonyl (C=O) groups is 2. The lowest BCUT2D eigenvalue weighted by Gasteiger charge is -2.25. The molecule has 0 aromatic heterocycles. The number of hydrogen-bond acceptors (Lipinski definition) is 2. The second-order valence-electron chi connectivity index (χ2n) is 6.88. The Labute approximate surface area is 160 Å². The van der Waals surface area contributed by atoms with Gasteiger partial charge in [0.2, 0.25) is 0 Å². The Bertz CT molecular complexity index is 920. The highest BCUT2D eigenvalue weighted by Crippen LogP contribution is 2.27. The van der Waals surface area contributed by atoms with Crippen LogP contribution in [0.5, 0.6) is 0 Å². The maximum atomic E-state index is 13.7. The van der Waals surface area contributed by atoms with Crippen LogP contribution in [0.1, 0.15) is 12.5 Å². The van der Waals surface area contributed by atoms with Crippen molar-refractivity contribution in [2.24, 2.45) is 0 Å². The number of para-hydroxylation sites is 1. The molecule has 2 aromatic rings. The predicted molar refractivity (Wildman–Crippen MR) is 98.7 cm³/mol. The fourth-order valence-corrected chi connectivity index (χ4v) is 3.23. The Kier molecular flexibility index (Phi) is 5.69. The van der Waals surface area contributed by atoms with Gasteiger partial charge in [0.05, 0.1) is 12.7 Å². The predicted octanol–water partition coefficient (Wildman–Crippen LogP) is 1.53. The van der Waals surface area contributed by atoms with Crippen LogP contribution >= 0.6 is 0 Å². The van der Waals surface area contributed by atoms with Crippen molar-refractivity contribution in [3.8, 4) is 0 Å². The number of rotatable bonds is 5. The zero-order valence-electron chi connectivity index (χ0n) is 15.6. The molecule has 0 fully saturated rings. The van der Waals surface area contributed by atoms with E-state index in [0.29, 0.717) is 11.4 Å². The van der Waals surface area contributed by atoms with E-state index >= 15 is 0 Å². The lowest BCUT2D eigenvalue weighted by atomic mass is 10.2. The maximum absolute atomic E-state index is 13.7. The minimum absolute atomic E-state index is 0.116. The van der Waals surface area contributed by atoms with E-state index in [1.54, 1.807) is 18.9 Å². The average molecular weight is 392 g/mol. The molecule has 0 saturated carbocycles. The summed E-state index contributed by atoms with van der Waals surface area (Å²) in [5.74, 6) is -5.15. The third-order valence-corrected chi connectivity index (χ3v) is 5.01. The van der Waals surface area contributed by atoms with E-state index in [0.717, 1.165) is 29.8 Å². The van der Waals surface area contributed by atoms with Crippen LogP contribution in [-0.4, -0.2) is 38.0 Å². The van der Waals surface area contributed by atoms with Gasteiger partial charge in [0.15, 0.2) is 30.0 Å². The molecule has 1 aliphatic rings. The summed E-state index contributed by atoms with van der Waals surface area (Å²) in [4.78, 5) is 27.3. The molecule has 5 nitrogen and oxygen atoms in total. The number of hydrogen-bond donors (Lipinski definition) is 2. The highest BCUT2D eigenvalue weighted by atomic mass is 19.2. The van der Waals surface area contributed by atoms with Crippen LogP contribution in [0.25, 0.3) is 0 Å². The summed E-state index contributed by atoms with van der Waals surface area (Å²) in [5, 5.41) is 2.22. The average Bonchev–Trinajstić information content (AvgIpc) is 3.11. The van der Waals surface area contributed by atoms with Crippen molar-refractivity contribution >= 4 is 23.2 Å². The topological polar surface area (TPSA) is 53.9 Å². The number of nitrogens with zero attached hydrogens (tertiary/aromatic N) is 1. The molecule has 2 atom stereocenters. The van der Waals surface area contributed by atoms with E-state index in [4.69, 9.17) is 0 Å². The van der Waals surface area contributed by atoms with E-state index in [9.17, 15) is 22.8 Å². The molecule has 28 heavy (non-hydrogen) atoms. The molecular formula is C20H21F3N3O2+. The van der Waals surface area contributed by atoms with Gasteiger partial charge >= 0.3 is 0 Å². The molecule has 1 heterocycles. The smallest absolute Gasteiger partial charge is 0.284 e. The number of fused-ring (bicyclic) bond motifs is 1. The first-order valence-corrected chi connectivity index (χ1v) is 8.94. The van der Waals surface area contributed by atoms with Crippen LogP contribution in [0.3, 0.4) is 0 Å². The van der Waals surface area contributed by atoms with Crippen molar-refractivity contribution in [2.75, 3.05) is 30.4 Å². The second-order valence-corrected chi connectivity index (χ2v) is 6.88. The second kappa shape index (κ2) is 8.02. The van der Waals surface area contributed by atoms with Crippen molar-refractivity contribution in [3.63, 3.8) is 0 Å². The van der Waals surface area contributed by atoms with Crippen LogP contribution in [0, 0.1) is 17.5 Å². The highest BCUT2D eigenvalue weighted by molar-refractivity contribution is 5.98. The number of carbonyl (C=O) groups excluding carboxylic acids is 2. The highest BCUT2D eigenvalue weighted by Gasteiger charge is 2.32. The molecule has 8 heteroatoms. The van der Waals surface area contributed by atoms with Crippen LogP contribution in [0.2, 0.25) is 0 Å². The van der Waals surface area contributed by atoms with E-state index in [2.05, 4.69) is 5.32 Å². The lowest BCUT2D eigenvalue weighted by Crippen LogP contribution is -3.15.